The Kier molecular flexibility index (Phi) is 3.57. The van der Waals surface area contributed by atoms with Crippen molar-refractivity contribution in [3.05, 3.63) is 103 Å². The number of benzene rings is 5. The van der Waals surface area contributed by atoms with Gasteiger partial charge in [0.1, 0.15) is 5.82 Å². The molecule has 7 rings (SSSR count). The van der Waals surface area contributed by atoms with Crippen LogP contribution in [0.5, 0.6) is 0 Å². The van der Waals surface area contributed by atoms with Crippen LogP contribution in [0, 0.1) is 0 Å². The Hall–Kier alpha value is -4.04. The molecule has 0 bridgehead atoms. The van der Waals surface area contributed by atoms with Crippen molar-refractivity contribution >= 4 is 44.0 Å². The normalized spacial score (nSPS) is 12.6. The number of aromatic nitrogens is 1. The summed E-state index contributed by atoms with van der Waals surface area (Å²) >= 11 is 0. The van der Waals surface area contributed by atoms with Crippen LogP contribution in [0.2, 0.25) is 0 Å². The van der Waals surface area contributed by atoms with Gasteiger partial charge in [0.15, 0.2) is 0 Å². The van der Waals surface area contributed by atoms with Gasteiger partial charge in [-0.2, -0.15) is 0 Å². The van der Waals surface area contributed by atoms with Crippen LogP contribution in [-0.2, 0) is 0 Å². The number of anilines is 2. The average molecular weight is 411 g/mol. The van der Waals surface area contributed by atoms with E-state index in [1.165, 1.54) is 60.8 Å². The van der Waals surface area contributed by atoms with E-state index >= 15 is 0 Å². The van der Waals surface area contributed by atoms with Gasteiger partial charge in [0.2, 0.25) is 0 Å². The molecular weight excluding hydrogens is 388 g/mol. The Labute approximate surface area is 186 Å². The number of rotatable bonds is 1. The summed E-state index contributed by atoms with van der Waals surface area (Å²) in [5, 5.41) is 6.46. The van der Waals surface area contributed by atoms with Gasteiger partial charge in [0.25, 0.3) is 0 Å². The summed E-state index contributed by atoms with van der Waals surface area (Å²) in [4.78, 5) is 2.49. The van der Waals surface area contributed by atoms with Crippen LogP contribution in [0.1, 0.15) is 6.92 Å². The lowest BCUT2D eigenvalue weighted by molar-refractivity contribution is 0.972. The molecule has 0 atom stereocenters. The van der Waals surface area contributed by atoms with Crippen LogP contribution in [0.3, 0.4) is 0 Å². The van der Waals surface area contributed by atoms with Gasteiger partial charge in [-0.05, 0) is 41.3 Å². The second-order valence-electron chi connectivity index (χ2n) is 8.50. The van der Waals surface area contributed by atoms with E-state index in [0.717, 1.165) is 6.54 Å². The quantitative estimate of drug-likeness (QED) is 0.266. The third kappa shape index (κ3) is 2.24. The SMILES string of the molecule is CCN1c2c(ccc3ccccc23)-c2ccccc2-n2c1cc1c3ccccc3ccc12. The number of nitrogens with zero attached hydrogens (tertiary/aromatic N) is 2. The summed E-state index contributed by atoms with van der Waals surface area (Å²) in [5.74, 6) is 1.22. The van der Waals surface area contributed by atoms with E-state index in [2.05, 4.69) is 120 Å². The van der Waals surface area contributed by atoms with E-state index in [0.29, 0.717) is 0 Å². The summed E-state index contributed by atoms with van der Waals surface area (Å²) in [6.45, 7) is 3.14. The highest BCUT2D eigenvalue weighted by atomic mass is 15.3. The first-order valence-corrected chi connectivity index (χ1v) is 11.3. The standard InChI is InChI=1S/C30H22N2/c1-2-31-29-19-26-22-11-5-3-9-20(22)16-18-28(26)32(29)27-14-8-7-13-24(27)25-17-15-21-10-4-6-12-23(21)30(25)31/h3-19H,2H2,1H3. The van der Waals surface area contributed by atoms with Crippen molar-refractivity contribution in [1.29, 1.82) is 0 Å². The molecule has 0 aliphatic carbocycles. The maximum absolute atomic E-state index is 2.49. The zero-order valence-electron chi connectivity index (χ0n) is 17.9. The molecule has 1 aliphatic heterocycles. The Morgan fingerprint density at radius 2 is 1.28 bits per heavy atom. The second kappa shape index (κ2) is 6.48. The fourth-order valence-electron chi connectivity index (χ4n) is 5.49. The Balaban J connectivity index is 1.70. The molecule has 5 aromatic carbocycles. The molecule has 1 aliphatic rings. The molecule has 0 saturated heterocycles. The first-order valence-electron chi connectivity index (χ1n) is 11.3. The van der Waals surface area contributed by atoms with Gasteiger partial charge in [0, 0.05) is 28.4 Å². The highest BCUT2D eigenvalue weighted by Crippen LogP contribution is 2.48. The maximum Gasteiger partial charge on any atom is 0.118 e. The largest absolute Gasteiger partial charge is 0.327 e. The Bertz CT molecular complexity index is 1670. The summed E-state index contributed by atoms with van der Waals surface area (Å²) in [6, 6.07) is 37.7. The summed E-state index contributed by atoms with van der Waals surface area (Å²) < 4.78 is 2.45. The van der Waals surface area contributed by atoms with Gasteiger partial charge in [-0.3, -0.25) is 4.57 Å². The lowest BCUT2D eigenvalue weighted by Gasteiger charge is -2.25. The van der Waals surface area contributed by atoms with E-state index < -0.39 is 0 Å². The lowest BCUT2D eigenvalue weighted by Crippen LogP contribution is -2.18. The Morgan fingerprint density at radius 1 is 0.594 bits per heavy atom. The van der Waals surface area contributed by atoms with E-state index in [9.17, 15) is 0 Å². The molecule has 0 N–H and O–H groups in total. The molecule has 0 saturated carbocycles. The van der Waals surface area contributed by atoms with Crippen molar-refractivity contribution in [2.24, 2.45) is 0 Å². The molecule has 2 heteroatoms. The minimum atomic E-state index is 0.892. The summed E-state index contributed by atoms with van der Waals surface area (Å²) in [5.41, 5.74) is 6.35. The second-order valence-corrected chi connectivity index (χ2v) is 8.50. The van der Waals surface area contributed by atoms with Crippen LogP contribution in [0.4, 0.5) is 11.5 Å². The average Bonchev–Trinajstić information content (AvgIpc) is 3.19. The molecule has 32 heavy (non-hydrogen) atoms. The van der Waals surface area contributed by atoms with Gasteiger partial charge in [-0.25, -0.2) is 0 Å². The zero-order chi connectivity index (χ0) is 21.2. The molecule has 0 radical (unpaired) electrons. The molecular formula is C30H22N2. The molecule has 2 heterocycles. The van der Waals surface area contributed by atoms with Crippen molar-refractivity contribution in [1.82, 2.24) is 4.57 Å². The van der Waals surface area contributed by atoms with Crippen molar-refractivity contribution in [3.8, 4) is 16.8 Å². The fourth-order valence-corrected chi connectivity index (χ4v) is 5.49. The fraction of sp³-hybridized carbons (Fsp3) is 0.0667. The van der Waals surface area contributed by atoms with E-state index in [1.54, 1.807) is 0 Å². The minimum Gasteiger partial charge on any atom is -0.327 e. The van der Waals surface area contributed by atoms with Gasteiger partial charge in [-0.15, -0.1) is 0 Å². The van der Waals surface area contributed by atoms with Crippen LogP contribution in [-0.4, -0.2) is 11.1 Å². The predicted octanol–water partition coefficient (Wildman–Crippen LogP) is 8.08. The predicted molar refractivity (Wildman–Crippen MR) is 136 cm³/mol. The molecule has 0 spiro atoms. The topological polar surface area (TPSA) is 8.17 Å². The van der Waals surface area contributed by atoms with Gasteiger partial charge >= 0.3 is 0 Å². The zero-order valence-corrected chi connectivity index (χ0v) is 17.9. The third-order valence-electron chi connectivity index (χ3n) is 6.89. The van der Waals surface area contributed by atoms with E-state index in [-0.39, 0.29) is 0 Å². The molecule has 0 unspecified atom stereocenters. The molecule has 0 amide bonds. The van der Waals surface area contributed by atoms with Crippen molar-refractivity contribution in [2.45, 2.75) is 6.92 Å². The number of hydrogen-bond donors (Lipinski definition) is 0. The summed E-state index contributed by atoms with van der Waals surface area (Å²) in [7, 11) is 0. The van der Waals surface area contributed by atoms with Crippen LogP contribution in [0.15, 0.2) is 103 Å². The Morgan fingerprint density at radius 3 is 2.12 bits per heavy atom. The van der Waals surface area contributed by atoms with Crippen LogP contribution < -0.4 is 4.90 Å². The minimum absolute atomic E-state index is 0.892. The highest BCUT2D eigenvalue weighted by Gasteiger charge is 2.27. The monoisotopic (exact) mass is 410 g/mol. The molecule has 0 fully saturated rings. The third-order valence-corrected chi connectivity index (χ3v) is 6.89. The maximum atomic E-state index is 2.49. The van der Waals surface area contributed by atoms with Gasteiger partial charge in [-0.1, -0.05) is 84.9 Å². The molecule has 152 valence electrons. The van der Waals surface area contributed by atoms with Gasteiger partial charge in [0.05, 0.1) is 16.9 Å². The molecule has 2 nitrogen and oxygen atoms in total. The van der Waals surface area contributed by atoms with E-state index in [1.807, 2.05) is 0 Å². The van der Waals surface area contributed by atoms with Crippen molar-refractivity contribution in [2.75, 3.05) is 11.4 Å². The smallest absolute Gasteiger partial charge is 0.118 e. The summed E-state index contributed by atoms with van der Waals surface area (Å²) in [6.07, 6.45) is 0. The van der Waals surface area contributed by atoms with Crippen molar-refractivity contribution in [3.63, 3.8) is 0 Å². The first kappa shape index (κ1) is 17.6. The molecule has 1 aromatic heterocycles. The lowest BCUT2D eigenvalue weighted by atomic mass is 9.96. The number of para-hydroxylation sites is 1. The van der Waals surface area contributed by atoms with Gasteiger partial charge < -0.3 is 4.90 Å². The molecule has 6 aromatic rings. The van der Waals surface area contributed by atoms with Crippen LogP contribution in [0.25, 0.3) is 49.3 Å². The highest BCUT2D eigenvalue weighted by molar-refractivity contribution is 6.12. The first-order chi connectivity index (χ1) is 15.8. The van der Waals surface area contributed by atoms with Crippen LogP contribution >= 0.6 is 0 Å². The van der Waals surface area contributed by atoms with Crippen molar-refractivity contribution < 1.29 is 0 Å². The van der Waals surface area contributed by atoms with E-state index in [4.69, 9.17) is 0 Å². The number of fused-ring (bicyclic) bond motifs is 11. The number of hydrogen-bond acceptors (Lipinski definition) is 1.